The Morgan fingerprint density at radius 2 is 1.95 bits per heavy atom. The Bertz CT molecular complexity index is 722. The Balaban J connectivity index is 2.29. The first-order chi connectivity index (χ1) is 9.98. The van der Waals surface area contributed by atoms with Crippen molar-refractivity contribution in [2.45, 2.75) is 45.8 Å². The number of benzene rings is 1. The summed E-state index contributed by atoms with van der Waals surface area (Å²) in [6.45, 7) is 9.28. The Morgan fingerprint density at radius 1 is 1.32 bits per heavy atom. The lowest BCUT2D eigenvalue weighted by Crippen LogP contribution is -2.43. The molecule has 0 saturated heterocycles. The summed E-state index contributed by atoms with van der Waals surface area (Å²) in [5.41, 5.74) is -0.342. The molecule has 0 saturated carbocycles. The molecule has 1 amide bonds. The van der Waals surface area contributed by atoms with E-state index in [2.05, 4.69) is 26.2 Å². The maximum absolute atomic E-state index is 12.0. The molecule has 0 bridgehead atoms. The van der Waals surface area contributed by atoms with E-state index in [1.54, 1.807) is 0 Å². The van der Waals surface area contributed by atoms with Crippen molar-refractivity contribution in [3.63, 3.8) is 0 Å². The molecule has 0 radical (unpaired) electrons. The molecule has 1 N–H and O–H groups in total. The molecule has 22 heavy (non-hydrogen) atoms. The van der Waals surface area contributed by atoms with E-state index in [0.29, 0.717) is 5.02 Å². The van der Waals surface area contributed by atoms with Crippen molar-refractivity contribution in [1.29, 1.82) is 0 Å². The van der Waals surface area contributed by atoms with Crippen LogP contribution in [-0.4, -0.2) is 16.7 Å². The summed E-state index contributed by atoms with van der Waals surface area (Å²) >= 11 is 11.0. The normalized spacial score (nSPS) is 12.5. The number of thiazole rings is 1. The Labute approximate surface area is 147 Å². The first kappa shape index (κ1) is 17.5. The molecule has 0 aliphatic heterocycles. The lowest BCUT2D eigenvalue weighted by atomic mass is 10.1. The highest BCUT2D eigenvalue weighted by Crippen LogP contribution is 2.35. The average molecular weight is 406 g/mol. The highest BCUT2D eigenvalue weighted by molar-refractivity contribution is 9.10. The molecule has 0 aliphatic carbocycles. The van der Waals surface area contributed by atoms with E-state index in [-0.39, 0.29) is 0 Å². The lowest BCUT2D eigenvalue weighted by Gasteiger charge is -2.26. The maximum Gasteiger partial charge on any atom is 0.408 e. The highest BCUT2D eigenvalue weighted by atomic mass is 79.9. The number of aromatic nitrogens is 1. The number of hydrogen-bond donors (Lipinski definition) is 1. The second-order valence-electron chi connectivity index (χ2n) is 6.51. The van der Waals surface area contributed by atoms with Gasteiger partial charge < -0.3 is 10.1 Å². The van der Waals surface area contributed by atoms with Crippen LogP contribution in [0.15, 0.2) is 16.6 Å². The zero-order valence-corrected chi connectivity index (χ0v) is 16.2. The summed E-state index contributed by atoms with van der Waals surface area (Å²) in [4.78, 5) is 16.6. The van der Waals surface area contributed by atoms with Crippen molar-refractivity contribution < 1.29 is 9.53 Å². The number of amides is 1. The molecule has 1 heterocycles. The number of nitrogens with one attached hydrogen (secondary N) is 1. The van der Waals surface area contributed by atoms with Crippen molar-refractivity contribution in [3.05, 3.63) is 26.6 Å². The SMILES string of the molecule is CC(C)(C)OC(=O)NC(C)(C)c1nc2c(Br)cc(Cl)cc2s1. The van der Waals surface area contributed by atoms with Crippen LogP contribution in [0.3, 0.4) is 0 Å². The molecule has 1 aromatic heterocycles. The monoisotopic (exact) mass is 404 g/mol. The molecular weight excluding hydrogens is 388 g/mol. The van der Waals surface area contributed by atoms with E-state index < -0.39 is 17.2 Å². The molecule has 1 aromatic carbocycles. The van der Waals surface area contributed by atoms with Gasteiger partial charge in [-0.1, -0.05) is 11.6 Å². The number of alkyl carbamates (subject to hydrolysis) is 1. The summed E-state index contributed by atoms with van der Waals surface area (Å²) in [5.74, 6) is 0. The average Bonchev–Trinajstić information content (AvgIpc) is 2.69. The van der Waals surface area contributed by atoms with Crippen LogP contribution in [0.4, 0.5) is 4.79 Å². The molecule has 0 fully saturated rings. The van der Waals surface area contributed by atoms with Gasteiger partial charge in [0.05, 0.1) is 15.8 Å². The van der Waals surface area contributed by atoms with Gasteiger partial charge in [0.2, 0.25) is 0 Å². The number of ether oxygens (including phenoxy) is 1. The van der Waals surface area contributed by atoms with Crippen LogP contribution < -0.4 is 5.32 Å². The van der Waals surface area contributed by atoms with Gasteiger partial charge in [-0.15, -0.1) is 11.3 Å². The standard InChI is InChI=1S/C15H18BrClN2O2S/c1-14(2,3)21-13(20)19-15(4,5)12-18-11-9(16)6-8(17)7-10(11)22-12/h6-7H,1-5H3,(H,19,20). The van der Waals surface area contributed by atoms with Crippen LogP contribution >= 0.6 is 38.9 Å². The number of hydrogen-bond acceptors (Lipinski definition) is 4. The summed E-state index contributed by atoms with van der Waals surface area (Å²) in [6.07, 6.45) is -0.464. The Hall–Kier alpha value is -0.850. The van der Waals surface area contributed by atoms with Crippen molar-refractivity contribution in [2.75, 3.05) is 0 Å². The third-order valence-corrected chi connectivity index (χ3v) is 4.91. The molecular formula is C15H18BrClN2O2S. The second kappa shape index (κ2) is 5.98. The fourth-order valence-electron chi connectivity index (χ4n) is 1.84. The van der Waals surface area contributed by atoms with E-state index in [9.17, 15) is 4.79 Å². The van der Waals surface area contributed by atoms with E-state index in [0.717, 1.165) is 19.7 Å². The fourth-order valence-corrected chi connectivity index (χ4v) is 4.02. The molecule has 120 valence electrons. The molecule has 2 rings (SSSR count). The van der Waals surface area contributed by atoms with Crippen LogP contribution in [0, 0.1) is 0 Å². The minimum Gasteiger partial charge on any atom is -0.444 e. The zero-order chi connectivity index (χ0) is 16.7. The highest BCUT2D eigenvalue weighted by Gasteiger charge is 2.29. The van der Waals surface area contributed by atoms with Gasteiger partial charge in [0.1, 0.15) is 10.6 Å². The lowest BCUT2D eigenvalue weighted by molar-refractivity contribution is 0.0470. The smallest absolute Gasteiger partial charge is 0.408 e. The first-order valence-electron chi connectivity index (χ1n) is 6.75. The Morgan fingerprint density at radius 3 is 2.55 bits per heavy atom. The van der Waals surface area contributed by atoms with Crippen LogP contribution in [0.2, 0.25) is 5.02 Å². The largest absolute Gasteiger partial charge is 0.444 e. The molecule has 2 aromatic rings. The molecule has 0 unspecified atom stereocenters. The minimum absolute atomic E-state index is 0.464. The maximum atomic E-state index is 12.0. The number of fused-ring (bicyclic) bond motifs is 1. The number of rotatable bonds is 2. The van der Waals surface area contributed by atoms with Gasteiger partial charge in [-0.05, 0) is 62.7 Å². The van der Waals surface area contributed by atoms with Crippen LogP contribution in [0.1, 0.15) is 39.6 Å². The zero-order valence-electron chi connectivity index (χ0n) is 13.1. The third-order valence-electron chi connectivity index (χ3n) is 2.76. The summed E-state index contributed by atoms with van der Waals surface area (Å²) in [6, 6.07) is 3.67. The second-order valence-corrected chi connectivity index (χ2v) is 8.83. The molecule has 0 spiro atoms. The van der Waals surface area contributed by atoms with Crippen LogP contribution in [0.5, 0.6) is 0 Å². The summed E-state index contributed by atoms with van der Waals surface area (Å²) < 4.78 is 7.11. The van der Waals surface area contributed by atoms with Crippen molar-refractivity contribution in [2.24, 2.45) is 0 Å². The van der Waals surface area contributed by atoms with E-state index in [1.807, 2.05) is 46.8 Å². The Kier molecular flexibility index (Phi) is 4.76. The number of carbonyl (C=O) groups excluding carboxylic acids is 1. The molecule has 7 heteroatoms. The molecule has 0 atom stereocenters. The summed E-state index contributed by atoms with van der Waals surface area (Å²) in [5, 5.41) is 4.30. The van der Waals surface area contributed by atoms with Crippen molar-refractivity contribution >= 4 is 55.2 Å². The molecule has 4 nitrogen and oxygen atoms in total. The predicted molar refractivity (Wildman–Crippen MR) is 94.7 cm³/mol. The van der Waals surface area contributed by atoms with Crippen LogP contribution in [-0.2, 0) is 10.3 Å². The van der Waals surface area contributed by atoms with Gasteiger partial charge in [-0.2, -0.15) is 0 Å². The van der Waals surface area contributed by atoms with E-state index >= 15 is 0 Å². The number of carbonyl (C=O) groups is 1. The fraction of sp³-hybridized carbons (Fsp3) is 0.467. The van der Waals surface area contributed by atoms with Crippen molar-refractivity contribution in [3.8, 4) is 0 Å². The first-order valence-corrected chi connectivity index (χ1v) is 8.74. The summed E-state index contributed by atoms with van der Waals surface area (Å²) in [7, 11) is 0. The van der Waals surface area contributed by atoms with E-state index in [4.69, 9.17) is 16.3 Å². The molecule has 0 aliphatic rings. The van der Waals surface area contributed by atoms with Gasteiger partial charge in [0, 0.05) is 9.50 Å². The van der Waals surface area contributed by atoms with Gasteiger partial charge >= 0.3 is 6.09 Å². The van der Waals surface area contributed by atoms with Gasteiger partial charge in [0.25, 0.3) is 0 Å². The number of halogens is 2. The van der Waals surface area contributed by atoms with Gasteiger partial charge in [-0.3, -0.25) is 0 Å². The minimum atomic E-state index is -0.641. The quantitative estimate of drug-likeness (QED) is 0.720. The van der Waals surface area contributed by atoms with Gasteiger partial charge in [0.15, 0.2) is 0 Å². The number of nitrogens with zero attached hydrogens (tertiary/aromatic N) is 1. The topological polar surface area (TPSA) is 51.2 Å². The predicted octanol–water partition coefficient (Wildman–Crippen LogP) is 5.47. The van der Waals surface area contributed by atoms with Crippen molar-refractivity contribution in [1.82, 2.24) is 10.3 Å². The van der Waals surface area contributed by atoms with Crippen LogP contribution in [0.25, 0.3) is 10.2 Å². The third kappa shape index (κ3) is 4.12. The van der Waals surface area contributed by atoms with E-state index in [1.165, 1.54) is 11.3 Å². The van der Waals surface area contributed by atoms with Gasteiger partial charge in [-0.25, -0.2) is 9.78 Å².